The molecule has 8 heteroatoms. The minimum absolute atomic E-state index is 0.0694. The van der Waals surface area contributed by atoms with Crippen molar-refractivity contribution in [3.05, 3.63) is 59.5 Å². The number of anilines is 1. The average Bonchev–Trinajstić information content (AvgIpc) is 3.50. The van der Waals surface area contributed by atoms with Crippen molar-refractivity contribution in [2.45, 2.75) is 25.8 Å². The zero-order chi connectivity index (χ0) is 23.4. The molecule has 4 rings (SSSR count). The summed E-state index contributed by atoms with van der Waals surface area (Å²) in [6.07, 6.45) is 2.91. The molecule has 1 aliphatic rings. The van der Waals surface area contributed by atoms with Gasteiger partial charge in [-0.25, -0.2) is 0 Å². The van der Waals surface area contributed by atoms with Crippen molar-refractivity contribution in [3.8, 4) is 17.7 Å². The molecule has 1 atom stereocenters. The molecule has 0 radical (unpaired) electrons. The van der Waals surface area contributed by atoms with Crippen molar-refractivity contribution < 1.29 is 13.6 Å². The molecule has 1 saturated heterocycles. The maximum absolute atomic E-state index is 12.9. The molecule has 1 N–H and O–H groups in total. The highest BCUT2D eigenvalue weighted by Crippen LogP contribution is 2.31. The van der Waals surface area contributed by atoms with E-state index in [1.54, 1.807) is 12.1 Å². The first-order valence-electron chi connectivity index (χ1n) is 11.2. The Morgan fingerprint density at radius 3 is 2.61 bits per heavy atom. The molecule has 1 aromatic carbocycles. The molecule has 1 amide bonds. The van der Waals surface area contributed by atoms with Gasteiger partial charge in [-0.05, 0) is 51.6 Å². The summed E-state index contributed by atoms with van der Waals surface area (Å²) in [5.74, 6) is 1.21. The number of nitrogens with one attached hydrogen (secondary N) is 1. The number of nitrogens with zero attached hydrogens (tertiary/aromatic N) is 4. The van der Waals surface area contributed by atoms with Crippen LogP contribution in [0.25, 0.3) is 11.7 Å². The molecule has 172 valence electrons. The van der Waals surface area contributed by atoms with Gasteiger partial charge in [0.2, 0.25) is 17.5 Å². The van der Waals surface area contributed by atoms with Crippen LogP contribution in [0.4, 0.5) is 5.88 Å². The van der Waals surface area contributed by atoms with Crippen LogP contribution in [0.5, 0.6) is 0 Å². The summed E-state index contributed by atoms with van der Waals surface area (Å²) in [5, 5.41) is 12.6. The van der Waals surface area contributed by atoms with Crippen molar-refractivity contribution in [2.75, 3.05) is 38.6 Å². The van der Waals surface area contributed by atoms with Crippen LogP contribution in [0.1, 0.15) is 35.7 Å². The lowest BCUT2D eigenvalue weighted by Crippen LogP contribution is -2.42. The number of carbonyl (C=O) groups excluding carboxylic acids is 1. The number of hydrogen-bond acceptors (Lipinski definition) is 7. The zero-order valence-corrected chi connectivity index (χ0v) is 19.2. The first-order chi connectivity index (χ1) is 16.0. The van der Waals surface area contributed by atoms with Gasteiger partial charge in [-0.2, -0.15) is 10.2 Å². The number of hydrogen-bond donors (Lipinski definition) is 1. The van der Waals surface area contributed by atoms with Gasteiger partial charge in [0.25, 0.3) is 5.89 Å². The highest BCUT2D eigenvalue weighted by Gasteiger charge is 2.29. The van der Waals surface area contributed by atoms with E-state index in [9.17, 15) is 10.1 Å². The van der Waals surface area contributed by atoms with Crippen molar-refractivity contribution in [1.82, 2.24) is 15.2 Å². The van der Waals surface area contributed by atoms with Crippen molar-refractivity contribution in [3.63, 3.8) is 0 Å². The highest BCUT2D eigenvalue weighted by atomic mass is 16.4. The maximum Gasteiger partial charge on any atom is 0.266 e. The lowest BCUT2D eigenvalue weighted by atomic mass is 9.95. The Bertz CT molecular complexity index is 1100. The number of amides is 1. The van der Waals surface area contributed by atoms with Crippen LogP contribution in [-0.4, -0.2) is 49.5 Å². The zero-order valence-electron chi connectivity index (χ0n) is 19.2. The van der Waals surface area contributed by atoms with Crippen LogP contribution in [0.15, 0.2) is 51.5 Å². The molecular weight excluding hydrogens is 418 g/mol. The number of furan rings is 1. The van der Waals surface area contributed by atoms with E-state index in [0.29, 0.717) is 44.1 Å². The third-order valence-corrected chi connectivity index (χ3v) is 6.16. The third-order valence-electron chi connectivity index (χ3n) is 6.16. The summed E-state index contributed by atoms with van der Waals surface area (Å²) in [6.45, 7) is 3.87. The van der Waals surface area contributed by atoms with Crippen LogP contribution >= 0.6 is 0 Å². The number of likely N-dealkylation sites (N-methyl/N-ethyl adjacent to an activating group) is 1. The van der Waals surface area contributed by atoms with E-state index in [1.807, 2.05) is 19.0 Å². The van der Waals surface area contributed by atoms with Crippen LogP contribution in [0.3, 0.4) is 0 Å². The Hall–Kier alpha value is -3.57. The second kappa shape index (κ2) is 9.92. The van der Waals surface area contributed by atoms with Gasteiger partial charge in [0.05, 0.1) is 12.3 Å². The lowest BCUT2D eigenvalue weighted by molar-refractivity contribution is -0.125. The standard InChI is InChI=1S/C25H29N5O3/c1-17-6-8-18(9-7-17)21(29(2)3)16-27-23(31)19-10-12-30(13-11-19)25-20(15-26)28-24(33-25)22-5-4-14-32-22/h4-9,14,19,21H,10-13,16H2,1-3H3,(H,27,31). The number of piperidine rings is 1. The average molecular weight is 448 g/mol. The smallest absolute Gasteiger partial charge is 0.266 e. The normalized spacial score (nSPS) is 15.4. The Morgan fingerprint density at radius 1 is 1.27 bits per heavy atom. The molecule has 8 nitrogen and oxygen atoms in total. The quantitative estimate of drug-likeness (QED) is 0.589. The number of rotatable bonds is 7. The Kier molecular flexibility index (Phi) is 6.80. The first kappa shape index (κ1) is 22.6. The van der Waals surface area contributed by atoms with Gasteiger partial charge in [0.1, 0.15) is 6.07 Å². The van der Waals surface area contributed by atoms with E-state index >= 15 is 0 Å². The summed E-state index contributed by atoms with van der Waals surface area (Å²) in [5.41, 5.74) is 2.63. The van der Waals surface area contributed by atoms with Gasteiger partial charge in [0.15, 0.2) is 5.76 Å². The molecule has 0 aliphatic carbocycles. The van der Waals surface area contributed by atoms with Gasteiger partial charge in [0, 0.05) is 25.6 Å². The van der Waals surface area contributed by atoms with Crippen molar-refractivity contribution in [1.29, 1.82) is 5.26 Å². The van der Waals surface area contributed by atoms with E-state index in [-0.39, 0.29) is 29.5 Å². The molecular formula is C25H29N5O3. The number of aromatic nitrogens is 1. The fourth-order valence-electron chi connectivity index (χ4n) is 4.18. The molecule has 3 heterocycles. The predicted octanol–water partition coefficient (Wildman–Crippen LogP) is 3.75. The first-order valence-corrected chi connectivity index (χ1v) is 11.2. The molecule has 0 saturated carbocycles. The number of benzene rings is 1. The number of nitriles is 1. The fourth-order valence-corrected chi connectivity index (χ4v) is 4.18. The van der Waals surface area contributed by atoms with E-state index < -0.39 is 0 Å². The van der Waals surface area contributed by atoms with E-state index in [4.69, 9.17) is 8.83 Å². The fraction of sp³-hybridized carbons (Fsp3) is 0.400. The number of oxazole rings is 1. The van der Waals surface area contributed by atoms with Crippen LogP contribution in [0, 0.1) is 24.2 Å². The summed E-state index contributed by atoms with van der Waals surface area (Å²) in [4.78, 5) is 21.2. The third kappa shape index (κ3) is 5.10. The van der Waals surface area contributed by atoms with E-state index in [2.05, 4.69) is 52.5 Å². The van der Waals surface area contributed by atoms with Crippen LogP contribution in [-0.2, 0) is 4.79 Å². The molecule has 3 aromatic rings. The second-order valence-corrected chi connectivity index (χ2v) is 8.66. The predicted molar refractivity (Wildman–Crippen MR) is 124 cm³/mol. The van der Waals surface area contributed by atoms with Gasteiger partial charge >= 0.3 is 0 Å². The molecule has 1 unspecified atom stereocenters. The Balaban J connectivity index is 1.34. The van der Waals surface area contributed by atoms with Gasteiger partial charge in [-0.15, -0.1) is 0 Å². The summed E-state index contributed by atoms with van der Waals surface area (Å²) in [7, 11) is 4.05. The molecule has 1 fully saturated rings. The number of carbonyl (C=O) groups is 1. The van der Waals surface area contributed by atoms with Crippen molar-refractivity contribution >= 4 is 11.8 Å². The van der Waals surface area contributed by atoms with Crippen LogP contribution < -0.4 is 10.2 Å². The van der Waals surface area contributed by atoms with Crippen LogP contribution in [0.2, 0.25) is 0 Å². The Labute approximate surface area is 193 Å². The van der Waals surface area contributed by atoms with E-state index in [0.717, 1.165) is 0 Å². The van der Waals surface area contributed by atoms with Crippen molar-refractivity contribution in [2.24, 2.45) is 5.92 Å². The maximum atomic E-state index is 12.9. The van der Waals surface area contributed by atoms with E-state index in [1.165, 1.54) is 17.4 Å². The summed E-state index contributed by atoms with van der Waals surface area (Å²) in [6, 6.07) is 14.1. The minimum Gasteiger partial charge on any atom is -0.459 e. The monoisotopic (exact) mass is 447 g/mol. The SMILES string of the molecule is Cc1ccc(C(CNC(=O)C2CCN(c3oc(-c4ccco4)nc3C#N)CC2)N(C)C)cc1. The Morgan fingerprint density at radius 2 is 2.00 bits per heavy atom. The molecule has 0 spiro atoms. The summed E-state index contributed by atoms with van der Waals surface area (Å²) >= 11 is 0. The van der Waals surface area contributed by atoms with Gasteiger partial charge < -0.3 is 24.0 Å². The minimum atomic E-state index is -0.0694. The molecule has 33 heavy (non-hydrogen) atoms. The molecule has 2 aromatic heterocycles. The second-order valence-electron chi connectivity index (χ2n) is 8.66. The highest BCUT2D eigenvalue weighted by molar-refractivity contribution is 5.79. The van der Waals surface area contributed by atoms with Gasteiger partial charge in [-0.1, -0.05) is 29.8 Å². The summed E-state index contributed by atoms with van der Waals surface area (Å²) < 4.78 is 11.2. The topological polar surface area (TPSA) is 98.5 Å². The lowest BCUT2D eigenvalue weighted by Gasteiger charge is -2.32. The largest absolute Gasteiger partial charge is 0.459 e. The molecule has 0 bridgehead atoms. The molecule has 1 aliphatic heterocycles. The van der Waals surface area contributed by atoms with Gasteiger partial charge in [-0.3, -0.25) is 4.79 Å². The number of aryl methyl sites for hydroxylation is 1.